The quantitative estimate of drug-likeness (QED) is 0.244. The number of nitrogens with one attached hydrogen (secondary N) is 2. The van der Waals surface area contributed by atoms with Gasteiger partial charge in [-0.15, -0.1) is 0 Å². The molecule has 40 heavy (non-hydrogen) atoms. The number of hydrogen-bond acceptors (Lipinski definition) is 4. The highest BCUT2D eigenvalue weighted by Crippen LogP contribution is 2.27. The van der Waals surface area contributed by atoms with E-state index < -0.39 is 0 Å². The average Bonchev–Trinajstić information content (AvgIpc) is 3.01. The molecule has 1 aliphatic heterocycles. The summed E-state index contributed by atoms with van der Waals surface area (Å²) in [6.45, 7) is 1.89. The average molecular weight is 529 g/mol. The van der Waals surface area contributed by atoms with Crippen LogP contribution in [0.4, 0.5) is 22.7 Å². The highest BCUT2D eigenvalue weighted by molar-refractivity contribution is 5.87. The second-order valence-corrected chi connectivity index (χ2v) is 9.71. The third-order valence-corrected chi connectivity index (χ3v) is 6.69. The third kappa shape index (κ3) is 8.08. The zero-order valence-electron chi connectivity index (χ0n) is 22.7. The van der Waals surface area contributed by atoms with Crippen LogP contribution in [0.2, 0.25) is 0 Å². The molecule has 0 saturated carbocycles. The van der Waals surface area contributed by atoms with E-state index >= 15 is 0 Å². The first-order chi connectivity index (χ1) is 19.8. The van der Waals surface area contributed by atoms with Crippen LogP contribution in [0.1, 0.15) is 25.7 Å². The summed E-state index contributed by atoms with van der Waals surface area (Å²) in [5.41, 5.74) is 5.97. The molecule has 200 valence electrons. The van der Waals surface area contributed by atoms with Gasteiger partial charge in [-0.25, -0.2) is 9.13 Å². The van der Waals surface area contributed by atoms with Crippen LogP contribution in [0, 0.1) is 0 Å². The molecule has 0 fully saturated rings. The highest BCUT2D eigenvalue weighted by Gasteiger charge is 2.06. The van der Waals surface area contributed by atoms with E-state index in [1.807, 2.05) is 61.0 Å². The fraction of sp³-hybridized carbons (Fsp3) is 0.176. The molecule has 0 bridgehead atoms. The standard InChI is InChI=1S/C34H36N6/c1-7-19-39(20-8-1)23-11-13-29-25-35-31-15-3-5-17-33(31)37-27-30(14-12-24-40-21-9-2-10-22-40)28-38-34-18-6-4-16-32(34)36-26-29/h1-10,15-22,25-28,35,38H,11-14,23-24H2/q+2/b29-25+,30-28+,36-26?,37-27?. The van der Waals surface area contributed by atoms with Gasteiger partial charge in [-0.2, -0.15) is 0 Å². The number of nitrogens with zero attached hydrogens (tertiary/aromatic N) is 4. The molecule has 0 radical (unpaired) electrons. The Morgan fingerprint density at radius 1 is 0.500 bits per heavy atom. The molecule has 6 heteroatoms. The van der Waals surface area contributed by atoms with Crippen LogP contribution in [-0.2, 0) is 13.1 Å². The molecule has 3 heterocycles. The molecule has 0 saturated heterocycles. The van der Waals surface area contributed by atoms with Crippen LogP contribution in [-0.4, -0.2) is 12.4 Å². The van der Waals surface area contributed by atoms with Crippen LogP contribution in [0.5, 0.6) is 0 Å². The van der Waals surface area contributed by atoms with Gasteiger partial charge in [0.1, 0.15) is 13.1 Å². The normalized spacial score (nSPS) is 15.7. The molecule has 0 amide bonds. The van der Waals surface area contributed by atoms with Gasteiger partial charge < -0.3 is 10.6 Å². The van der Waals surface area contributed by atoms with E-state index in [1.165, 1.54) is 0 Å². The minimum atomic E-state index is 0.892. The Bertz CT molecular complexity index is 1370. The van der Waals surface area contributed by atoms with Crippen molar-refractivity contribution in [3.05, 3.63) is 133 Å². The first kappa shape index (κ1) is 26.8. The van der Waals surface area contributed by atoms with Crippen molar-refractivity contribution in [1.82, 2.24) is 0 Å². The van der Waals surface area contributed by atoms with E-state index in [9.17, 15) is 0 Å². The summed E-state index contributed by atoms with van der Waals surface area (Å²) < 4.78 is 4.42. The van der Waals surface area contributed by atoms with Gasteiger partial charge in [0, 0.05) is 61.9 Å². The number of aryl methyl sites for hydroxylation is 2. The first-order valence-electron chi connectivity index (χ1n) is 13.9. The van der Waals surface area contributed by atoms with E-state index in [-0.39, 0.29) is 0 Å². The number of para-hydroxylation sites is 4. The fourth-order valence-electron chi connectivity index (χ4n) is 4.51. The van der Waals surface area contributed by atoms with Gasteiger partial charge in [0.15, 0.2) is 24.8 Å². The summed E-state index contributed by atoms with van der Waals surface area (Å²) in [4.78, 5) is 9.79. The number of aliphatic imine (C=N–C) groups is 2. The maximum absolute atomic E-state index is 4.90. The Hall–Kier alpha value is -4.84. The number of allylic oxidation sites excluding steroid dienone is 2. The van der Waals surface area contributed by atoms with Gasteiger partial charge in [-0.05, 0) is 48.3 Å². The Morgan fingerprint density at radius 2 is 0.925 bits per heavy atom. The largest absolute Gasteiger partial charge is 0.360 e. The van der Waals surface area contributed by atoms with E-state index in [2.05, 4.69) is 93.4 Å². The van der Waals surface area contributed by atoms with Crippen molar-refractivity contribution in [2.45, 2.75) is 38.8 Å². The lowest BCUT2D eigenvalue weighted by atomic mass is 10.1. The maximum Gasteiger partial charge on any atom is 0.168 e. The number of aromatic nitrogens is 2. The smallest absolute Gasteiger partial charge is 0.168 e. The summed E-state index contributed by atoms with van der Waals surface area (Å²) in [5.74, 6) is 0. The van der Waals surface area contributed by atoms with Crippen molar-refractivity contribution >= 4 is 35.2 Å². The Morgan fingerprint density at radius 3 is 1.38 bits per heavy atom. The summed E-state index contributed by atoms with van der Waals surface area (Å²) >= 11 is 0. The van der Waals surface area contributed by atoms with Crippen molar-refractivity contribution in [1.29, 1.82) is 0 Å². The SMILES string of the molecule is C1=Nc2ccccc2N/C=C(\CCC[n+]2ccccc2)C=Nc2ccccc2N/C=C/1CCC[n+]1ccccc1. The van der Waals surface area contributed by atoms with Gasteiger partial charge >= 0.3 is 0 Å². The summed E-state index contributed by atoms with van der Waals surface area (Å²) in [7, 11) is 0. The molecular formula is C34H36N6+2. The number of hydrogen-bond donors (Lipinski definition) is 2. The van der Waals surface area contributed by atoms with E-state index in [0.717, 1.165) is 72.7 Å². The molecule has 2 aromatic carbocycles. The lowest BCUT2D eigenvalue weighted by molar-refractivity contribution is -0.697. The third-order valence-electron chi connectivity index (χ3n) is 6.69. The Balaban J connectivity index is 1.38. The molecule has 4 aromatic rings. The van der Waals surface area contributed by atoms with Crippen molar-refractivity contribution in [2.75, 3.05) is 10.6 Å². The lowest BCUT2D eigenvalue weighted by Crippen LogP contribution is -2.32. The summed E-state index contributed by atoms with van der Waals surface area (Å²) in [5, 5.41) is 7.01. The summed E-state index contributed by atoms with van der Waals surface area (Å²) in [6.07, 6.45) is 20.3. The van der Waals surface area contributed by atoms with Gasteiger partial charge in [0.2, 0.25) is 0 Å². The van der Waals surface area contributed by atoms with E-state index in [1.54, 1.807) is 0 Å². The van der Waals surface area contributed by atoms with Crippen LogP contribution < -0.4 is 19.8 Å². The molecular weight excluding hydrogens is 492 g/mol. The summed E-state index contributed by atoms with van der Waals surface area (Å²) in [6, 6.07) is 28.6. The van der Waals surface area contributed by atoms with Crippen molar-refractivity contribution in [3.8, 4) is 0 Å². The van der Waals surface area contributed by atoms with Gasteiger partial charge in [0.25, 0.3) is 0 Å². The maximum atomic E-state index is 4.90. The zero-order valence-corrected chi connectivity index (χ0v) is 22.7. The van der Waals surface area contributed by atoms with Gasteiger partial charge in [-0.3, -0.25) is 9.98 Å². The molecule has 2 aromatic heterocycles. The van der Waals surface area contributed by atoms with Gasteiger partial charge in [-0.1, -0.05) is 36.4 Å². The highest BCUT2D eigenvalue weighted by atomic mass is 14.9. The van der Waals surface area contributed by atoms with E-state index in [4.69, 9.17) is 9.98 Å². The van der Waals surface area contributed by atoms with Crippen molar-refractivity contribution in [3.63, 3.8) is 0 Å². The van der Waals surface area contributed by atoms with Crippen LogP contribution in [0.3, 0.4) is 0 Å². The van der Waals surface area contributed by atoms with Crippen molar-refractivity contribution < 1.29 is 9.13 Å². The molecule has 5 rings (SSSR count). The van der Waals surface area contributed by atoms with Crippen LogP contribution in [0.15, 0.2) is 143 Å². The van der Waals surface area contributed by atoms with E-state index in [0.29, 0.717) is 0 Å². The topological polar surface area (TPSA) is 56.5 Å². The fourth-order valence-corrected chi connectivity index (χ4v) is 4.51. The Labute approximate surface area is 236 Å². The Kier molecular flexibility index (Phi) is 9.60. The molecule has 2 N–H and O–H groups in total. The minimum absolute atomic E-state index is 0.892. The number of benzene rings is 2. The zero-order chi connectivity index (χ0) is 27.2. The predicted octanol–water partition coefficient (Wildman–Crippen LogP) is 6.93. The predicted molar refractivity (Wildman–Crippen MR) is 164 cm³/mol. The number of pyridine rings is 2. The molecule has 0 unspecified atom stereocenters. The molecule has 6 nitrogen and oxygen atoms in total. The number of fused-ring (bicyclic) bond motifs is 2. The first-order valence-corrected chi connectivity index (χ1v) is 13.9. The number of anilines is 2. The minimum Gasteiger partial charge on any atom is -0.360 e. The van der Waals surface area contributed by atoms with Gasteiger partial charge in [0.05, 0.1) is 22.7 Å². The second kappa shape index (κ2) is 14.4. The van der Waals surface area contributed by atoms with Crippen molar-refractivity contribution in [2.24, 2.45) is 9.98 Å². The second-order valence-electron chi connectivity index (χ2n) is 9.71. The monoisotopic (exact) mass is 528 g/mol. The molecule has 0 spiro atoms. The molecule has 0 atom stereocenters. The number of rotatable bonds is 8. The lowest BCUT2D eigenvalue weighted by Gasteiger charge is -2.10. The van der Waals surface area contributed by atoms with Crippen LogP contribution in [0.25, 0.3) is 0 Å². The molecule has 1 aliphatic rings. The molecule has 0 aliphatic carbocycles. The van der Waals surface area contributed by atoms with Crippen LogP contribution >= 0.6 is 0 Å².